The van der Waals surface area contributed by atoms with Crippen molar-refractivity contribution < 1.29 is 21.6 Å². The minimum Gasteiger partial charge on any atom is -0.379 e. The Morgan fingerprint density at radius 1 is 0.878 bits per heavy atom. The maximum absolute atomic E-state index is 13.2. The van der Waals surface area contributed by atoms with Crippen molar-refractivity contribution in [1.29, 1.82) is 0 Å². The number of sulfone groups is 1. The van der Waals surface area contributed by atoms with Crippen LogP contribution in [0.4, 0.5) is 5.69 Å². The van der Waals surface area contributed by atoms with E-state index in [2.05, 4.69) is 14.9 Å². The summed E-state index contributed by atoms with van der Waals surface area (Å²) in [4.78, 5) is 14.9. The number of anilines is 1. The molecule has 0 spiro atoms. The van der Waals surface area contributed by atoms with Crippen molar-refractivity contribution in [2.45, 2.75) is 17.1 Å². The first kappa shape index (κ1) is 32.9. The van der Waals surface area contributed by atoms with Crippen LogP contribution < -0.4 is 4.31 Å². The molecule has 0 unspecified atom stereocenters. The minimum absolute atomic E-state index is 0.0601. The van der Waals surface area contributed by atoms with Crippen LogP contribution in [0.1, 0.15) is 12.0 Å². The fraction of sp³-hybridized carbons (Fsp3) is 0.243. The van der Waals surface area contributed by atoms with Crippen LogP contribution in [0, 0.1) is 0 Å². The number of fused-ring (bicyclic) bond motifs is 3. The van der Waals surface area contributed by atoms with E-state index in [0.29, 0.717) is 36.5 Å². The van der Waals surface area contributed by atoms with Crippen LogP contribution in [0.25, 0.3) is 44.2 Å². The van der Waals surface area contributed by atoms with Crippen molar-refractivity contribution >= 4 is 47.5 Å². The SMILES string of the molecule is CN(c1ccc(-c2cnc3[nH]c4ccc(CS(=O)(=O)c5ccccc5)cc4c3c2-c2ccncc2)cc1)S(=O)(=O)CCCN1CCOCC1. The second-order valence-corrected chi connectivity index (χ2v) is 16.3. The molecule has 0 saturated carbocycles. The van der Waals surface area contributed by atoms with E-state index in [0.717, 1.165) is 58.2 Å². The Hall–Kier alpha value is -4.62. The standard InChI is InChI=1S/C37H37N5O5S2/c1-41(49(45,46)23-5-18-42-19-21-47-22-20-42)30-11-9-28(10-12-30)33-25-39-37-36(35(33)29-14-16-38-17-15-29)32-24-27(8-13-34(32)40-37)26-48(43,44)31-6-3-2-4-7-31/h2-4,6-17,24-25H,5,18-23,26H2,1H3,(H,39,40). The number of nitrogens with zero attached hydrogens (tertiary/aromatic N) is 4. The molecular weight excluding hydrogens is 659 g/mol. The zero-order valence-corrected chi connectivity index (χ0v) is 28.8. The lowest BCUT2D eigenvalue weighted by atomic mass is 9.93. The molecule has 12 heteroatoms. The number of morpholine rings is 1. The number of pyridine rings is 2. The summed E-state index contributed by atoms with van der Waals surface area (Å²) >= 11 is 0. The van der Waals surface area contributed by atoms with Gasteiger partial charge in [-0.05, 0) is 78.2 Å². The Labute approximate surface area is 286 Å². The molecule has 7 rings (SSSR count). The molecular formula is C37H37N5O5S2. The number of ether oxygens (including phenoxy) is 1. The van der Waals surface area contributed by atoms with Crippen molar-refractivity contribution in [3.05, 3.63) is 109 Å². The highest BCUT2D eigenvalue weighted by atomic mass is 32.2. The molecule has 0 radical (unpaired) electrons. The van der Waals surface area contributed by atoms with Gasteiger partial charge in [-0.15, -0.1) is 0 Å². The van der Waals surface area contributed by atoms with Crippen molar-refractivity contribution in [3.8, 4) is 22.3 Å². The number of aromatic nitrogens is 3. The molecule has 4 heterocycles. The summed E-state index contributed by atoms with van der Waals surface area (Å²) in [5.41, 5.74) is 6.31. The topological polar surface area (TPSA) is 126 Å². The zero-order valence-electron chi connectivity index (χ0n) is 27.1. The van der Waals surface area contributed by atoms with Crippen molar-refractivity contribution in [1.82, 2.24) is 19.9 Å². The number of aromatic amines is 1. The van der Waals surface area contributed by atoms with Gasteiger partial charge in [0.2, 0.25) is 10.0 Å². The highest BCUT2D eigenvalue weighted by molar-refractivity contribution is 7.92. The number of nitrogens with one attached hydrogen (secondary N) is 1. The van der Waals surface area contributed by atoms with E-state index in [9.17, 15) is 16.8 Å². The normalized spacial score (nSPS) is 14.4. The largest absolute Gasteiger partial charge is 0.379 e. The van der Waals surface area contributed by atoms with Crippen molar-refractivity contribution in [2.75, 3.05) is 50.0 Å². The van der Waals surface area contributed by atoms with E-state index in [1.54, 1.807) is 49.8 Å². The predicted molar refractivity (Wildman–Crippen MR) is 194 cm³/mol. The summed E-state index contributed by atoms with van der Waals surface area (Å²) in [6.07, 6.45) is 5.84. The number of sulfonamides is 1. The summed E-state index contributed by atoms with van der Waals surface area (Å²) in [5, 5.41) is 1.72. The maximum atomic E-state index is 13.2. The number of rotatable bonds is 11. The van der Waals surface area contributed by atoms with Crippen LogP contribution in [0.5, 0.6) is 0 Å². The van der Waals surface area contributed by atoms with Gasteiger partial charge in [0, 0.05) is 66.1 Å². The molecule has 1 aliphatic heterocycles. The Kier molecular flexibility index (Phi) is 9.21. The second kappa shape index (κ2) is 13.7. The monoisotopic (exact) mass is 695 g/mol. The summed E-state index contributed by atoms with van der Waals surface area (Å²) < 4.78 is 59.7. The highest BCUT2D eigenvalue weighted by Gasteiger charge is 2.22. The molecule has 1 N–H and O–H groups in total. The van der Waals surface area contributed by atoms with E-state index in [4.69, 9.17) is 9.72 Å². The summed E-state index contributed by atoms with van der Waals surface area (Å²) in [7, 11) is -5.47. The smallest absolute Gasteiger partial charge is 0.234 e. The van der Waals surface area contributed by atoms with Gasteiger partial charge in [-0.2, -0.15) is 0 Å². The molecule has 0 amide bonds. The van der Waals surface area contributed by atoms with Crippen LogP contribution in [0.15, 0.2) is 108 Å². The van der Waals surface area contributed by atoms with Crippen LogP contribution in [0.3, 0.4) is 0 Å². The Bertz CT molecular complexity index is 2310. The molecule has 10 nitrogen and oxygen atoms in total. The first-order chi connectivity index (χ1) is 23.7. The minimum atomic E-state index is -3.55. The lowest BCUT2D eigenvalue weighted by Crippen LogP contribution is -2.38. The molecule has 1 saturated heterocycles. The molecule has 6 aromatic rings. The van der Waals surface area contributed by atoms with Gasteiger partial charge in [-0.1, -0.05) is 36.4 Å². The molecule has 252 valence electrons. The maximum Gasteiger partial charge on any atom is 0.234 e. The Morgan fingerprint density at radius 2 is 1.61 bits per heavy atom. The highest BCUT2D eigenvalue weighted by Crippen LogP contribution is 2.41. The van der Waals surface area contributed by atoms with E-state index >= 15 is 0 Å². The fourth-order valence-electron chi connectivity index (χ4n) is 6.40. The summed E-state index contributed by atoms with van der Waals surface area (Å²) in [6, 6.07) is 25.5. The van der Waals surface area contributed by atoms with Crippen LogP contribution in [-0.2, 0) is 30.4 Å². The average molecular weight is 696 g/mol. The van der Waals surface area contributed by atoms with Crippen LogP contribution in [-0.4, -0.2) is 82.3 Å². The number of H-pyrrole nitrogens is 1. The van der Waals surface area contributed by atoms with Crippen molar-refractivity contribution in [3.63, 3.8) is 0 Å². The number of hydrogen-bond acceptors (Lipinski definition) is 8. The Balaban J connectivity index is 1.23. The second-order valence-electron chi connectivity index (χ2n) is 12.2. The molecule has 0 aliphatic carbocycles. The van der Waals surface area contributed by atoms with Gasteiger partial charge in [0.25, 0.3) is 0 Å². The molecule has 0 bridgehead atoms. The summed E-state index contributed by atoms with van der Waals surface area (Å²) in [5.74, 6) is -0.0764. The first-order valence-corrected chi connectivity index (χ1v) is 19.4. The van der Waals surface area contributed by atoms with Gasteiger partial charge in [0.1, 0.15) is 5.65 Å². The van der Waals surface area contributed by atoms with E-state index in [-0.39, 0.29) is 16.4 Å². The molecule has 0 atom stereocenters. The third kappa shape index (κ3) is 6.95. The van der Waals surface area contributed by atoms with Crippen molar-refractivity contribution in [2.24, 2.45) is 0 Å². The van der Waals surface area contributed by atoms with Gasteiger partial charge in [-0.3, -0.25) is 14.2 Å². The van der Waals surface area contributed by atoms with Gasteiger partial charge < -0.3 is 9.72 Å². The third-order valence-electron chi connectivity index (χ3n) is 9.05. The van der Waals surface area contributed by atoms with Crippen LogP contribution >= 0.6 is 0 Å². The Morgan fingerprint density at radius 3 is 2.35 bits per heavy atom. The summed E-state index contributed by atoms with van der Waals surface area (Å²) in [6.45, 7) is 3.75. The van der Waals surface area contributed by atoms with E-state index in [1.165, 1.54) is 4.31 Å². The van der Waals surface area contributed by atoms with Gasteiger partial charge in [0.05, 0.1) is 35.3 Å². The average Bonchev–Trinajstić information content (AvgIpc) is 3.50. The predicted octanol–water partition coefficient (Wildman–Crippen LogP) is 5.91. The third-order valence-corrected chi connectivity index (χ3v) is 12.6. The fourth-order valence-corrected chi connectivity index (χ4v) is 8.97. The molecule has 3 aromatic carbocycles. The lowest BCUT2D eigenvalue weighted by Gasteiger charge is -2.27. The van der Waals surface area contributed by atoms with E-state index < -0.39 is 19.9 Å². The van der Waals surface area contributed by atoms with Gasteiger partial charge in [-0.25, -0.2) is 21.8 Å². The molecule has 1 aliphatic rings. The first-order valence-electron chi connectivity index (χ1n) is 16.2. The zero-order chi connectivity index (χ0) is 34.0. The molecule has 1 fully saturated rings. The number of benzene rings is 3. The molecule has 49 heavy (non-hydrogen) atoms. The van der Waals surface area contributed by atoms with Gasteiger partial charge >= 0.3 is 0 Å². The van der Waals surface area contributed by atoms with Crippen LogP contribution in [0.2, 0.25) is 0 Å². The number of hydrogen-bond donors (Lipinski definition) is 1. The quantitative estimate of drug-likeness (QED) is 0.178. The van der Waals surface area contributed by atoms with Gasteiger partial charge in [0.15, 0.2) is 9.84 Å². The lowest BCUT2D eigenvalue weighted by molar-refractivity contribution is 0.0381. The molecule has 3 aromatic heterocycles. The van der Waals surface area contributed by atoms with E-state index in [1.807, 2.05) is 60.8 Å².